The van der Waals surface area contributed by atoms with Crippen molar-refractivity contribution in [2.45, 2.75) is 25.8 Å². The number of rotatable bonds is 2. The van der Waals surface area contributed by atoms with Crippen LogP contribution in [-0.2, 0) is 0 Å². The van der Waals surface area contributed by atoms with Gasteiger partial charge in [0.25, 0.3) is 0 Å². The molecule has 2 nitrogen and oxygen atoms in total. The van der Waals surface area contributed by atoms with Crippen LogP contribution in [0.4, 0.5) is 10.1 Å². The molecule has 1 aromatic rings. The smallest absolute Gasteiger partial charge is 0.161 e. The number of hydrogen-bond donors (Lipinski definition) is 1. The van der Waals surface area contributed by atoms with Crippen molar-refractivity contribution in [3.8, 4) is 0 Å². The Kier molecular flexibility index (Phi) is 4.92. The second-order valence-electron chi connectivity index (χ2n) is 4.00. The van der Waals surface area contributed by atoms with E-state index in [4.69, 9.17) is 11.6 Å². The van der Waals surface area contributed by atoms with Gasteiger partial charge in [-0.3, -0.25) is 4.99 Å². The Morgan fingerprint density at radius 3 is 3.06 bits per heavy atom. The monoisotopic (exact) mass is 350 g/mol. The summed E-state index contributed by atoms with van der Waals surface area (Å²) in [4.78, 5) is 4.60. The van der Waals surface area contributed by atoms with Crippen molar-refractivity contribution in [1.29, 1.82) is 0 Å². The van der Waals surface area contributed by atoms with E-state index < -0.39 is 0 Å². The minimum atomic E-state index is -0.359. The summed E-state index contributed by atoms with van der Waals surface area (Å²) in [5.41, 5.74) is 0.668. The maximum atomic E-state index is 13.1. The van der Waals surface area contributed by atoms with Crippen LogP contribution in [0.25, 0.3) is 0 Å². The minimum Gasteiger partial charge on any atom is -0.333 e. The Morgan fingerprint density at radius 2 is 2.39 bits per heavy atom. The number of thioether (sulfide) groups is 1. The van der Waals surface area contributed by atoms with Gasteiger partial charge in [-0.05, 0) is 40.9 Å². The van der Waals surface area contributed by atoms with Gasteiger partial charge in [-0.25, -0.2) is 4.39 Å². The van der Waals surface area contributed by atoms with E-state index in [1.807, 2.05) is 0 Å². The highest BCUT2D eigenvalue weighted by Crippen LogP contribution is 2.33. The van der Waals surface area contributed by atoms with Crippen LogP contribution >= 0.6 is 39.3 Å². The molecule has 6 heteroatoms. The summed E-state index contributed by atoms with van der Waals surface area (Å²) < 4.78 is 13.7. The van der Waals surface area contributed by atoms with Gasteiger partial charge < -0.3 is 5.32 Å². The van der Waals surface area contributed by atoms with Crippen molar-refractivity contribution in [2.24, 2.45) is 4.99 Å². The number of halogens is 3. The van der Waals surface area contributed by atoms with E-state index in [2.05, 4.69) is 33.2 Å². The fourth-order valence-electron chi connectivity index (χ4n) is 1.69. The van der Waals surface area contributed by atoms with E-state index in [0.717, 1.165) is 23.8 Å². The van der Waals surface area contributed by atoms with Crippen LogP contribution in [0.15, 0.2) is 21.6 Å². The Bertz CT molecular complexity index is 458. The normalized spacial score (nSPS) is 19.6. The average molecular weight is 352 g/mol. The summed E-state index contributed by atoms with van der Waals surface area (Å²) in [5.74, 6) is 0.683. The lowest BCUT2D eigenvalue weighted by molar-refractivity contribution is 0.627. The van der Waals surface area contributed by atoms with E-state index in [-0.39, 0.29) is 5.82 Å². The van der Waals surface area contributed by atoms with Gasteiger partial charge in [0.1, 0.15) is 5.82 Å². The molecule has 2 rings (SSSR count). The van der Waals surface area contributed by atoms with Crippen molar-refractivity contribution in [3.05, 3.63) is 27.4 Å². The molecule has 18 heavy (non-hydrogen) atoms. The average Bonchev–Trinajstić information content (AvgIpc) is 2.34. The molecule has 0 spiro atoms. The van der Waals surface area contributed by atoms with E-state index in [0.29, 0.717) is 21.2 Å². The Balaban J connectivity index is 2.21. The molecule has 0 saturated heterocycles. The molecule has 1 unspecified atom stereocenters. The lowest BCUT2D eigenvalue weighted by Gasteiger charge is -2.20. The van der Waals surface area contributed by atoms with Crippen molar-refractivity contribution in [3.63, 3.8) is 0 Å². The molecule has 0 aliphatic carbocycles. The highest BCUT2D eigenvalue weighted by Gasteiger charge is 2.16. The third-order valence-electron chi connectivity index (χ3n) is 2.70. The van der Waals surface area contributed by atoms with Crippen LogP contribution < -0.4 is 5.32 Å². The fraction of sp³-hybridized carbons (Fsp3) is 0.417. The molecular weight excluding hydrogens is 339 g/mol. The zero-order valence-electron chi connectivity index (χ0n) is 9.84. The van der Waals surface area contributed by atoms with Crippen LogP contribution in [0.3, 0.4) is 0 Å². The predicted octanol–water partition coefficient (Wildman–Crippen LogP) is 4.93. The molecule has 1 aromatic carbocycles. The molecule has 1 N–H and O–H groups in total. The summed E-state index contributed by atoms with van der Waals surface area (Å²) >= 11 is 11.0. The molecule has 0 radical (unpaired) electrons. The van der Waals surface area contributed by atoms with E-state index in [1.54, 1.807) is 11.8 Å². The van der Waals surface area contributed by atoms with Crippen LogP contribution in [0, 0.1) is 5.82 Å². The summed E-state index contributed by atoms with van der Waals surface area (Å²) in [6.45, 7) is 2.13. The molecule has 0 aromatic heterocycles. The number of anilines is 1. The summed E-state index contributed by atoms with van der Waals surface area (Å²) in [6, 6.07) is 3.05. The van der Waals surface area contributed by atoms with Gasteiger partial charge in [-0.1, -0.05) is 30.3 Å². The quantitative estimate of drug-likeness (QED) is 0.817. The number of benzene rings is 1. The maximum absolute atomic E-state index is 13.1. The van der Waals surface area contributed by atoms with E-state index in [9.17, 15) is 4.39 Å². The van der Waals surface area contributed by atoms with Gasteiger partial charge in [0, 0.05) is 10.2 Å². The summed E-state index contributed by atoms with van der Waals surface area (Å²) in [6.07, 6.45) is 2.13. The SMILES string of the molecule is CCC1CCSC(Nc2c(Cl)cc(F)cc2Br)=N1. The first-order chi connectivity index (χ1) is 8.60. The third-order valence-corrected chi connectivity index (χ3v) is 4.54. The van der Waals surface area contributed by atoms with Crippen LogP contribution in [-0.4, -0.2) is 17.0 Å². The second kappa shape index (κ2) is 6.26. The van der Waals surface area contributed by atoms with Gasteiger partial charge in [-0.2, -0.15) is 0 Å². The lowest BCUT2D eigenvalue weighted by atomic mass is 10.2. The van der Waals surface area contributed by atoms with Crippen LogP contribution in [0.5, 0.6) is 0 Å². The van der Waals surface area contributed by atoms with Crippen molar-refractivity contribution >= 4 is 50.1 Å². The highest BCUT2D eigenvalue weighted by molar-refractivity contribution is 9.10. The highest BCUT2D eigenvalue weighted by atomic mass is 79.9. The molecular formula is C12H13BrClFN2S. The Hall–Kier alpha value is -0.260. The Morgan fingerprint density at radius 1 is 1.61 bits per heavy atom. The first-order valence-corrected chi connectivity index (χ1v) is 7.88. The molecule has 0 fully saturated rings. The van der Waals surface area contributed by atoms with Gasteiger partial charge in [0.2, 0.25) is 0 Å². The van der Waals surface area contributed by atoms with Crippen LogP contribution in [0.2, 0.25) is 5.02 Å². The van der Waals surface area contributed by atoms with Crippen molar-refractivity contribution in [1.82, 2.24) is 0 Å². The number of nitrogens with one attached hydrogen (secondary N) is 1. The number of nitrogens with zero attached hydrogens (tertiary/aromatic N) is 1. The molecule has 0 amide bonds. The largest absolute Gasteiger partial charge is 0.333 e. The zero-order chi connectivity index (χ0) is 13.1. The third kappa shape index (κ3) is 3.39. The molecule has 0 bridgehead atoms. The number of amidine groups is 1. The molecule has 1 heterocycles. The van der Waals surface area contributed by atoms with Crippen LogP contribution in [0.1, 0.15) is 19.8 Å². The second-order valence-corrected chi connectivity index (χ2v) is 6.35. The van der Waals surface area contributed by atoms with E-state index >= 15 is 0 Å². The maximum Gasteiger partial charge on any atom is 0.161 e. The van der Waals surface area contributed by atoms with Gasteiger partial charge in [-0.15, -0.1) is 0 Å². The fourth-order valence-corrected chi connectivity index (χ4v) is 3.57. The standard InChI is InChI=1S/C12H13BrClFN2S/c1-2-8-3-4-18-12(16-8)17-11-9(13)5-7(15)6-10(11)14/h5-6,8H,2-4H2,1H3,(H,16,17). The number of hydrogen-bond acceptors (Lipinski definition) is 3. The van der Waals surface area contributed by atoms with Gasteiger partial charge >= 0.3 is 0 Å². The number of aliphatic imine (C=N–C) groups is 1. The first kappa shape index (κ1) is 14.2. The predicted molar refractivity (Wildman–Crippen MR) is 81.3 cm³/mol. The molecule has 0 saturated carbocycles. The molecule has 98 valence electrons. The minimum absolute atomic E-state index is 0.351. The summed E-state index contributed by atoms with van der Waals surface area (Å²) in [5, 5.41) is 4.38. The van der Waals surface area contributed by atoms with Crippen molar-refractivity contribution < 1.29 is 4.39 Å². The topological polar surface area (TPSA) is 24.4 Å². The summed E-state index contributed by atoms with van der Waals surface area (Å²) in [7, 11) is 0. The molecule has 1 aliphatic rings. The van der Waals surface area contributed by atoms with E-state index in [1.165, 1.54) is 12.1 Å². The van der Waals surface area contributed by atoms with Crippen molar-refractivity contribution in [2.75, 3.05) is 11.1 Å². The first-order valence-electron chi connectivity index (χ1n) is 5.72. The zero-order valence-corrected chi connectivity index (χ0v) is 13.0. The molecule has 1 atom stereocenters. The molecule has 1 aliphatic heterocycles. The van der Waals surface area contributed by atoms with Gasteiger partial charge in [0.15, 0.2) is 5.17 Å². The Labute approximate surface area is 124 Å². The van der Waals surface area contributed by atoms with Gasteiger partial charge in [0.05, 0.1) is 16.8 Å². The lowest BCUT2D eigenvalue weighted by Crippen LogP contribution is -2.19.